The Kier molecular flexibility index (Phi) is 1.35. The molecule has 0 aromatic carbocycles. The number of aliphatic imine (C=N–C) groups is 1. The average molecular weight is 166 g/mol. The zero-order valence-corrected chi connectivity index (χ0v) is 6.79. The molecule has 1 atom stereocenters. The first kappa shape index (κ1) is 7.49. The summed E-state index contributed by atoms with van der Waals surface area (Å²) in [5.74, 6) is -0.940. The number of nitrogens with one attached hydrogen (secondary N) is 1. The molecule has 0 bridgehead atoms. The van der Waals surface area contributed by atoms with Gasteiger partial charge in [0.15, 0.2) is 0 Å². The van der Waals surface area contributed by atoms with Gasteiger partial charge in [-0.3, -0.25) is 4.99 Å². The Labute approximate surface area is 70.0 Å². The Balaban J connectivity index is 2.25. The summed E-state index contributed by atoms with van der Waals surface area (Å²) in [5.41, 5.74) is 1.26. The van der Waals surface area contributed by atoms with Crippen LogP contribution in [0.5, 0.6) is 0 Å². The van der Waals surface area contributed by atoms with Gasteiger partial charge in [-0.05, 0) is 18.6 Å². The van der Waals surface area contributed by atoms with Crippen molar-refractivity contribution in [3.05, 3.63) is 11.6 Å². The lowest BCUT2D eigenvalue weighted by Crippen LogP contribution is -2.28. The van der Waals surface area contributed by atoms with Crippen LogP contribution in [-0.2, 0) is 4.79 Å². The number of hydrogen-bond acceptors (Lipinski definition) is 3. The van der Waals surface area contributed by atoms with E-state index >= 15 is 0 Å². The molecule has 2 aliphatic heterocycles. The van der Waals surface area contributed by atoms with E-state index in [1.165, 1.54) is 0 Å². The molecule has 2 N–H and O–H groups in total. The van der Waals surface area contributed by atoms with Crippen LogP contribution in [0.3, 0.4) is 0 Å². The minimum atomic E-state index is -0.940. The van der Waals surface area contributed by atoms with Gasteiger partial charge in [-0.15, -0.1) is 0 Å². The van der Waals surface area contributed by atoms with Gasteiger partial charge >= 0.3 is 5.97 Å². The highest BCUT2D eigenvalue weighted by Crippen LogP contribution is 2.29. The molecule has 0 radical (unpaired) electrons. The summed E-state index contributed by atoms with van der Waals surface area (Å²) in [7, 11) is 0. The lowest BCUT2D eigenvalue weighted by molar-refractivity contribution is -0.129. The van der Waals surface area contributed by atoms with Crippen molar-refractivity contribution < 1.29 is 9.90 Å². The SMILES string of the molecule is CC1=CC(C(=O)O)=NCC12CN2. The van der Waals surface area contributed by atoms with Gasteiger partial charge < -0.3 is 10.4 Å². The number of carbonyl (C=O) groups is 1. The predicted molar refractivity (Wildman–Crippen MR) is 44.4 cm³/mol. The molecule has 0 amide bonds. The third kappa shape index (κ3) is 0.956. The average Bonchev–Trinajstić information content (AvgIpc) is 2.76. The molecule has 1 saturated heterocycles. The first-order valence-electron chi connectivity index (χ1n) is 3.86. The number of carboxylic acids is 1. The Morgan fingerprint density at radius 1 is 1.83 bits per heavy atom. The Hall–Kier alpha value is -1.16. The number of hydrogen-bond donors (Lipinski definition) is 2. The molecule has 0 aromatic rings. The van der Waals surface area contributed by atoms with Gasteiger partial charge in [0.2, 0.25) is 0 Å². The molecule has 1 spiro atoms. The molecule has 12 heavy (non-hydrogen) atoms. The second-order valence-corrected chi connectivity index (χ2v) is 3.27. The molecular formula is C8H10N2O2. The van der Waals surface area contributed by atoms with Crippen LogP contribution in [0.25, 0.3) is 0 Å². The highest BCUT2D eigenvalue weighted by atomic mass is 16.4. The van der Waals surface area contributed by atoms with Crippen LogP contribution in [0.2, 0.25) is 0 Å². The third-order valence-electron chi connectivity index (χ3n) is 2.45. The van der Waals surface area contributed by atoms with Gasteiger partial charge in [0, 0.05) is 6.54 Å². The normalized spacial score (nSPS) is 32.8. The van der Waals surface area contributed by atoms with E-state index in [4.69, 9.17) is 5.11 Å². The van der Waals surface area contributed by atoms with Gasteiger partial charge in [-0.2, -0.15) is 0 Å². The third-order valence-corrected chi connectivity index (χ3v) is 2.45. The molecule has 0 aliphatic carbocycles. The maximum atomic E-state index is 10.5. The summed E-state index contributed by atoms with van der Waals surface area (Å²) in [6.45, 7) is 3.43. The second-order valence-electron chi connectivity index (χ2n) is 3.27. The number of carboxylic acid groups (broad SMARTS) is 1. The van der Waals surface area contributed by atoms with Crippen LogP contribution in [-0.4, -0.2) is 35.4 Å². The Bertz CT molecular complexity index is 300. The maximum absolute atomic E-state index is 10.5. The molecule has 4 nitrogen and oxygen atoms in total. The molecule has 0 aromatic heterocycles. The van der Waals surface area contributed by atoms with Crippen LogP contribution in [0, 0.1) is 0 Å². The van der Waals surface area contributed by atoms with Crippen molar-refractivity contribution in [1.29, 1.82) is 0 Å². The summed E-state index contributed by atoms with van der Waals surface area (Å²) in [6, 6.07) is 0. The van der Waals surface area contributed by atoms with Gasteiger partial charge in [-0.25, -0.2) is 4.79 Å². The lowest BCUT2D eigenvalue weighted by atomic mass is 9.97. The predicted octanol–water partition coefficient (Wildman–Crippen LogP) is -0.186. The smallest absolute Gasteiger partial charge is 0.354 e. The maximum Gasteiger partial charge on any atom is 0.354 e. The summed E-state index contributed by atoms with van der Waals surface area (Å²) >= 11 is 0. The van der Waals surface area contributed by atoms with Crippen LogP contribution < -0.4 is 5.32 Å². The van der Waals surface area contributed by atoms with Crippen LogP contribution in [0.1, 0.15) is 6.92 Å². The van der Waals surface area contributed by atoms with Crippen molar-refractivity contribution in [1.82, 2.24) is 5.32 Å². The van der Waals surface area contributed by atoms with Crippen LogP contribution in [0.15, 0.2) is 16.6 Å². The van der Waals surface area contributed by atoms with E-state index in [0.29, 0.717) is 6.54 Å². The molecule has 1 unspecified atom stereocenters. The van der Waals surface area contributed by atoms with Crippen molar-refractivity contribution in [2.75, 3.05) is 13.1 Å². The standard InChI is InChI=1S/C8H10N2O2/c1-5-2-6(7(11)12)9-3-8(5)4-10-8/h2,10H,3-4H2,1H3,(H,11,12). The fraction of sp³-hybridized carbons (Fsp3) is 0.500. The number of aliphatic carboxylic acids is 1. The van der Waals surface area contributed by atoms with Crippen molar-refractivity contribution in [3.8, 4) is 0 Å². The minimum Gasteiger partial charge on any atom is -0.477 e. The van der Waals surface area contributed by atoms with Gasteiger partial charge in [0.1, 0.15) is 5.71 Å². The second kappa shape index (κ2) is 2.17. The number of dihydropyridines is 1. The van der Waals surface area contributed by atoms with E-state index < -0.39 is 5.97 Å². The Morgan fingerprint density at radius 2 is 2.50 bits per heavy atom. The molecule has 2 heterocycles. The molecular weight excluding hydrogens is 156 g/mol. The van der Waals surface area contributed by atoms with Gasteiger partial charge in [0.25, 0.3) is 0 Å². The van der Waals surface area contributed by atoms with Crippen molar-refractivity contribution in [2.24, 2.45) is 4.99 Å². The quantitative estimate of drug-likeness (QED) is 0.530. The molecule has 1 fully saturated rings. The van der Waals surface area contributed by atoms with E-state index in [-0.39, 0.29) is 11.3 Å². The van der Waals surface area contributed by atoms with E-state index in [1.54, 1.807) is 6.08 Å². The fourth-order valence-electron chi connectivity index (χ4n) is 1.36. The number of rotatable bonds is 1. The molecule has 0 saturated carbocycles. The topological polar surface area (TPSA) is 71.6 Å². The highest BCUT2D eigenvalue weighted by molar-refractivity contribution is 6.40. The van der Waals surface area contributed by atoms with Crippen molar-refractivity contribution >= 4 is 11.7 Å². The molecule has 2 rings (SSSR count). The van der Waals surface area contributed by atoms with Crippen molar-refractivity contribution in [2.45, 2.75) is 12.5 Å². The van der Waals surface area contributed by atoms with Crippen LogP contribution >= 0.6 is 0 Å². The number of nitrogens with zero attached hydrogens (tertiary/aromatic N) is 1. The summed E-state index contributed by atoms with van der Waals surface area (Å²) in [4.78, 5) is 14.5. The van der Waals surface area contributed by atoms with E-state index in [1.807, 2.05) is 6.92 Å². The van der Waals surface area contributed by atoms with E-state index in [0.717, 1.165) is 12.1 Å². The summed E-state index contributed by atoms with van der Waals surface area (Å²) in [6.07, 6.45) is 1.64. The summed E-state index contributed by atoms with van der Waals surface area (Å²) in [5, 5.41) is 11.8. The fourth-order valence-corrected chi connectivity index (χ4v) is 1.36. The lowest BCUT2D eigenvalue weighted by Gasteiger charge is -2.16. The monoisotopic (exact) mass is 166 g/mol. The van der Waals surface area contributed by atoms with Crippen LogP contribution in [0.4, 0.5) is 0 Å². The first-order valence-corrected chi connectivity index (χ1v) is 3.86. The first-order chi connectivity index (χ1) is 5.64. The van der Waals surface area contributed by atoms with E-state index in [9.17, 15) is 4.79 Å². The summed E-state index contributed by atoms with van der Waals surface area (Å²) < 4.78 is 0. The highest BCUT2D eigenvalue weighted by Gasteiger charge is 2.45. The molecule has 64 valence electrons. The zero-order chi connectivity index (χ0) is 8.77. The zero-order valence-electron chi connectivity index (χ0n) is 6.79. The van der Waals surface area contributed by atoms with Gasteiger partial charge in [-0.1, -0.05) is 0 Å². The van der Waals surface area contributed by atoms with Crippen molar-refractivity contribution in [3.63, 3.8) is 0 Å². The minimum absolute atomic E-state index is 0.0128. The van der Waals surface area contributed by atoms with E-state index in [2.05, 4.69) is 10.3 Å². The van der Waals surface area contributed by atoms with Gasteiger partial charge in [0.05, 0.1) is 12.1 Å². The largest absolute Gasteiger partial charge is 0.477 e. The Morgan fingerprint density at radius 3 is 2.92 bits per heavy atom. The molecule has 2 aliphatic rings. The molecule has 4 heteroatoms.